The van der Waals surface area contributed by atoms with Gasteiger partial charge in [0.15, 0.2) is 0 Å². The number of fused-ring (bicyclic) bond motifs is 2. The molecule has 0 amide bonds. The zero-order valence-electron chi connectivity index (χ0n) is 11.1. The lowest BCUT2D eigenvalue weighted by Crippen LogP contribution is -2.56. The Hall–Kier alpha value is -0.930. The molecule has 3 heteroatoms. The molecule has 0 bridgehead atoms. The van der Waals surface area contributed by atoms with Crippen LogP contribution < -0.4 is 5.32 Å². The van der Waals surface area contributed by atoms with E-state index in [0.717, 1.165) is 43.5 Å². The maximum atomic E-state index is 13.8. The molecule has 2 aliphatic rings. The number of nitrogens with one attached hydrogen (secondary N) is 1. The van der Waals surface area contributed by atoms with Gasteiger partial charge in [0, 0.05) is 13.1 Å². The molecule has 0 saturated carbocycles. The molecule has 1 fully saturated rings. The van der Waals surface area contributed by atoms with Crippen molar-refractivity contribution < 1.29 is 9.13 Å². The van der Waals surface area contributed by atoms with E-state index in [1.54, 1.807) is 12.1 Å². The van der Waals surface area contributed by atoms with Crippen LogP contribution in [0.1, 0.15) is 37.8 Å². The Morgan fingerprint density at radius 2 is 2.22 bits per heavy atom. The van der Waals surface area contributed by atoms with E-state index in [4.69, 9.17) is 4.74 Å². The van der Waals surface area contributed by atoms with Crippen LogP contribution in [0.4, 0.5) is 4.39 Å². The second kappa shape index (κ2) is 4.04. The highest BCUT2D eigenvalue weighted by Gasteiger charge is 2.47. The van der Waals surface area contributed by atoms with Gasteiger partial charge in [0.05, 0.1) is 5.60 Å². The molecule has 1 spiro atoms. The summed E-state index contributed by atoms with van der Waals surface area (Å²) in [5, 5.41) is 3.47. The first-order chi connectivity index (χ1) is 8.59. The predicted molar refractivity (Wildman–Crippen MR) is 69.0 cm³/mol. The Morgan fingerprint density at radius 3 is 3.00 bits per heavy atom. The smallest absolute Gasteiger partial charge is 0.126 e. The lowest BCUT2D eigenvalue weighted by molar-refractivity contribution is -0.176. The van der Waals surface area contributed by atoms with Crippen LogP contribution in [0, 0.1) is 5.82 Å². The summed E-state index contributed by atoms with van der Waals surface area (Å²) in [6, 6.07) is 5.37. The van der Waals surface area contributed by atoms with Crippen molar-refractivity contribution in [3.05, 3.63) is 35.1 Å². The molecule has 1 aromatic carbocycles. The molecule has 0 radical (unpaired) electrons. The van der Waals surface area contributed by atoms with Crippen molar-refractivity contribution in [2.24, 2.45) is 0 Å². The number of hydrogen-bond donors (Lipinski definition) is 1. The molecule has 1 heterocycles. The van der Waals surface area contributed by atoms with E-state index in [0.29, 0.717) is 0 Å². The number of halogens is 1. The van der Waals surface area contributed by atoms with Crippen LogP contribution in [0.5, 0.6) is 0 Å². The van der Waals surface area contributed by atoms with E-state index in [1.807, 2.05) is 6.07 Å². The molecule has 1 N–H and O–H groups in total. The molecule has 2 nitrogen and oxygen atoms in total. The van der Waals surface area contributed by atoms with Crippen molar-refractivity contribution in [3.8, 4) is 0 Å². The van der Waals surface area contributed by atoms with E-state index in [2.05, 4.69) is 19.2 Å². The topological polar surface area (TPSA) is 21.3 Å². The molecular formula is C15H20FNO. The van der Waals surface area contributed by atoms with Gasteiger partial charge < -0.3 is 10.1 Å². The van der Waals surface area contributed by atoms with Crippen LogP contribution in [0.3, 0.4) is 0 Å². The third-order valence-corrected chi connectivity index (χ3v) is 4.49. The highest BCUT2D eigenvalue weighted by molar-refractivity contribution is 5.39. The fourth-order valence-corrected chi connectivity index (χ4v) is 3.26. The SMILES string of the molecule is CCC1(C)CNCC2(CCc3c(F)cccc32)O1. The van der Waals surface area contributed by atoms with Crippen LogP contribution in [0.2, 0.25) is 0 Å². The largest absolute Gasteiger partial charge is 0.361 e. The van der Waals surface area contributed by atoms with Gasteiger partial charge >= 0.3 is 0 Å². The van der Waals surface area contributed by atoms with E-state index < -0.39 is 0 Å². The number of morpholine rings is 1. The second-order valence-corrected chi connectivity index (χ2v) is 5.77. The van der Waals surface area contributed by atoms with Gasteiger partial charge in [-0.1, -0.05) is 19.1 Å². The Kier molecular flexibility index (Phi) is 2.72. The van der Waals surface area contributed by atoms with Gasteiger partial charge in [-0.15, -0.1) is 0 Å². The average Bonchev–Trinajstić information content (AvgIpc) is 2.70. The van der Waals surface area contributed by atoms with Crippen LogP contribution in [-0.4, -0.2) is 18.7 Å². The van der Waals surface area contributed by atoms with Crippen LogP contribution in [-0.2, 0) is 16.8 Å². The van der Waals surface area contributed by atoms with E-state index >= 15 is 0 Å². The summed E-state index contributed by atoms with van der Waals surface area (Å²) in [5.74, 6) is -0.0863. The molecule has 1 aromatic rings. The summed E-state index contributed by atoms with van der Waals surface area (Å²) in [5.41, 5.74) is 1.43. The summed E-state index contributed by atoms with van der Waals surface area (Å²) in [7, 11) is 0. The Labute approximate surface area is 108 Å². The molecule has 3 rings (SSSR count). The van der Waals surface area contributed by atoms with Crippen LogP contribution in [0.15, 0.2) is 18.2 Å². The molecule has 1 aliphatic heterocycles. The summed E-state index contributed by atoms with van der Waals surface area (Å²) in [6.07, 6.45) is 2.63. The average molecular weight is 249 g/mol. The van der Waals surface area contributed by atoms with Gasteiger partial charge in [-0.05, 0) is 43.4 Å². The summed E-state index contributed by atoms with van der Waals surface area (Å²) in [4.78, 5) is 0. The van der Waals surface area contributed by atoms with Gasteiger partial charge in [0.25, 0.3) is 0 Å². The van der Waals surface area contributed by atoms with Gasteiger partial charge in [-0.25, -0.2) is 4.39 Å². The lowest BCUT2D eigenvalue weighted by Gasteiger charge is -2.46. The summed E-state index contributed by atoms with van der Waals surface area (Å²) in [6.45, 7) is 5.94. The standard InChI is InChI=1S/C15H20FNO/c1-3-14(2)9-17-10-15(18-14)8-7-11-12(15)5-4-6-13(11)16/h4-6,17H,3,7-10H2,1-2H3. The minimum Gasteiger partial charge on any atom is -0.361 e. The fourth-order valence-electron chi connectivity index (χ4n) is 3.26. The van der Waals surface area contributed by atoms with Crippen molar-refractivity contribution >= 4 is 0 Å². The Bertz CT molecular complexity index is 476. The number of ether oxygens (including phenoxy) is 1. The third kappa shape index (κ3) is 1.69. The van der Waals surface area contributed by atoms with Gasteiger partial charge in [0.2, 0.25) is 0 Å². The first-order valence-corrected chi connectivity index (χ1v) is 6.77. The minimum absolute atomic E-state index is 0.0863. The predicted octanol–water partition coefficient (Wildman–Crippen LogP) is 2.76. The molecule has 98 valence electrons. The maximum Gasteiger partial charge on any atom is 0.126 e. The number of rotatable bonds is 1. The lowest BCUT2D eigenvalue weighted by atomic mass is 9.89. The molecule has 1 aliphatic carbocycles. The molecule has 1 saturated heterocycles. The first kappa shape index (κ1) is 12.1. The quantitative estimate of drug-likeness (QED) is 0.826. The van der Waals surface area contributed by atoms with Gasteiger partial charge in [-0.2, -0.15) is 0 Å². The van der Waals surface area contributed by atoms with Crippen molar-refractivity contribution in [2.75, 3.05) is 13.1 Å². The van der Waals surface area contributed by atoms with Crippen molar-refractivity contribution in [1.82, 2.24) is 5.32 Å². The number of benzene rings is 1. The summed E-state index contributed by atoms with van der Waals surface area (Å²) < 4.78 is 20.3. The molecule has 18 heavy (non-hydrogen) atoms. The second-order valence-electron chi connectivity index (χ2n) is 5.77. The zero-order valence-corrected chi connectivity index (χ0v) is 11.1. The van der Waals surface area contributed by atoms with E-state index in [1.165, 1.54) is 0 Å². The maximum absolute atomic E-state index is 13.8. The van der Waals surface area contributed by atoms with Crippen molar-refractivity contribution in [3.63, 3.8) is 0 Å². The molecule has 0 aromatic heterocycles. The molecule has 2 atom stereocenters. The molecule has 2 unspecified atom stereocenters. The Balaban J connectivity index is 2.02. The van der Waals surface area contributed by atoms with Crippen LogP contribution >= 0.6 is 0 Å². The van der Waals surface area contributed by atoms with Crippen molar-refractivity contribution in [2.45, 2.75) is 44.3 Å². The zero-order chi connectivity index (χ0) is 12.8. The van der Waals surface area contributed by atoms with Crippen LogP contribution in [0.25, 0.3) is 0 Å². The van der Waals surface area contributed by atoms with Gasteiger partial charge in [-0.3, -0.25) is 0 Å². The van der Waals surface area contributed by atoms with E-state index in [9.17, 15) is 4.39 Å². The third-order valence-electron chi connectivity index (χ3n) is 4.49. The highest BCUT2D eigenvalue weighted by atomic mass is 19.1. The molecular weight excluding hydrogens is 229 g/mol. The van der Waals surface area contributed by atoms with Gasteiger partial charge in [0.1, 0.15) is 11.4 Å². The first-order valence-electron chi connectivity index (χ1n) is 6.77. The van der Waals surface area contributed by atoms with Crippen molar-refractivity contribution in [1.29, 1.82) is 0 Å². The summed E-state index contributed by atoms with van der Waals surface area (Å²) >= 11 is 0. The van der Waals surface area contributed by atoms with E-state index in [-0.39, 0.29) is 17.0 Å². The minimum atomic E-state index is -0.319. The monoisotopic (exact) mass is 249 g/mol. The number of hydrogen-bond acceptors (Lipinski definition) is 2. The fraction of sp³-hybridized carbons (Fsp3) is 0.600. The Morgan fingerprint density at radius 1 is 1.39 bits per heavy atom. The highest BCUT2D eigenvalue weighted by Crippen LogP contribution is 2.45. The normalized spacial score (nSPS) is 34.8.